The van der Waals surface area contributed by atoms with Crippen LogP contribution in [0.4, 0.5) is 5.69 Å². The van der Waals surface area contributed by atoms with Crippen LogP contribution in [0.15, 0.2) is 30.3 Å². The van der Waals surface area contributed by atoms with Gasteiger partial charge in [0.05, 0.1) is 12.6 Å². The predicted octanol–water partition coefficient (Wildman–Crippen LogP) is 0.632. The molecule has 20 heavy (non-hydrogen) atoms. The van der Waals surface area contributed by atoms with Gasteiger partial charge in [-0.2, -0.15) is 0 Å². The van der Waals surface area contributed by atoms with Crippen LogP contribution < -0.4 is 15.5 Å². The number of nitrogens with zero attached hydrogens (tertiary/aromatic N) is 2. The van der Waals surface area contributed by atoms with E-state index in [-0.39, 0.29) is 11.9 Å². The summed E-state index contributed by atoms with van der Waals surface area (Å²) in [5.74, 6) is 0.0470. The monoisotopic (exact) mass is 276 g/mol. The van der Waals surface area contributed by atoms with Gasteiger partial charge in [0.2, 0.25) is 5.91 Å². The normalized spacial score (nSPS) is 18.9. The average molecular weight is 276 g/mol. The minimum absolute atomic E-state index is 0.0470. The first-order chi connectivity index (χ1) is 9.79. The Morgan fingerprint density at radius 3 is 3.00 bits per heavy atom. The molecule has 1 fully saturated rings. The van der Waals surface area contributed by atoms with E-state index in [9.17, 15) is 4.79 Å². The van der Waals surface area contributed by atoms with Crippen LogP contribution >= 0.6 is 0 Å². The molecule has 5 heteroatoms. The number of benzene rings is 1. The second-order valence-corrected chi connectivity index (χ2v) is 4.89. The number of carbonyl (C=O) groups is 1. The summed E-state index contributed by atoms with van der Waals surface area (Å²) in [5.41, 5.74) is 1.20. The minimum Gasteiger partial charge on any atom is -0.383 e. The first-order valence-electron chi connectivity index (χ1n) is 7.02. The van der Waals surface area contributed by atoms with Gasteiger partial charge in [0.1, 0.15) is 0 Å². The fourth-order valence-corrected chi connectivity index (χ4v) is 2.35. The third-order valence-electron chi connectivity index (χ3n) is 3.36. The van der Waals surface area contributed by atoms with Gasteiger partial charge in [-0.25, -0.2) is 5.32 Å². The highest BCUT2D eigenvalue weighted by atomic mass is 16.5. The molecule has 1 saturated heterocycles. The standard InChI is InChI=1S/C15H22N3O2/c1-20-10-8-17-15(19)11-13-12-18(9-7-16-13)14-5-3-2-4-6-14/h2-6,13H,7-12H2,1H3,(H,17,19). The molecule has 109 valence electrons. The van der Waals surface area contributed by atoms with Gasteiger partial charge < -0.3 is 15.0 Å². The van der Waals surface area contributed by atoms with Gasteiger partial charge in [-0.1, -0.05) is 18.2 Å². The van der Waals surface area contributed by atoms with E-state index in [1.165, 1.54) is 5.69 Å². The van der Waals surface area contributed by atoms with Gasteiger partial charge in [0.15, 0.2) is 0 Å². The number of rotatable bonds is 6. The van der Waals surface area contributed by atoms with Crippen molar-refractivity contribution in [3.05, 3.63) is 30.3 Å². The molecule has 0 aromatic heterocycles. The molecular weight excluding hydrogens is 254 g/mol. The zero-order valence-corrected chi connectivity index (χ0v) is 11.9. The molecule has 0 saturated carbocycles. The van der Waals surface area contributed by atoms with Crippen LogP contribution in [-0.4, -0.2) is 51.8 Å². The summed E-state index contributed by atoms with van der Waals surface area (Å²) in [7, 11) is 1.63. The molecule has 1 N–H and O–H groups in total. The molecule has 1 aromatic rings. The number of hydrogen-bond acceptors (Lipinski definition) is 3. The first-order valence-corrected chi connectivity index (χ1v) is 7.02. The van der Waals surface area contributed by atoms with E-state index < -0.39 is 0 Å². The van der Waals surface area contributed by atoms with Crippen LogP contribution in [0.3, 0.4) is 0 Å². The number of carbonyl (C=O) groups excluding carboxylic acids is 1. The molecule has 1 aliphatic rings. The summed E-state index contributed by atoms with van der Waals surface area (Å²) in [4.78, 5) is 14.1. The van der Waals surface area contributed by atoms with E-state index in [0.717, 1.165) is 19.6 Å². The molecule has 1 aromatic carbocycles. The van der Waals surface area contributed by atoms with Crippen molar-refractivity contribution < 1.29 is 9.53 Å². The van der Waals surface area contributed by atoms with Crippen molar-refractivity contribution in [2.45, 2.75) is 12.5 Å². The van der Waals surface area contributed by atoms with Crippen LogP contribution in [0.25, 0.3) is 0 Å². The van der Waals surface area contributed by atoms with E-state index >= 15 is 0 Å². The van der Waals surface area contributed by atoms with E-state index in [0.29, 0.717) is 19.6 Å². The number of piperazine rings is 1. The fraction of sp³-hybridized carbons (Fsp3) is 0.533. The fourth-order valence-electron chi connectivity index (χ4n) is 2.35. The smallest absolute Gasteiger partial charge is 0.221 e. The van der Waals surface area contributed by atoms with E-state index in [2.05, 4.69) is 27.7 Å². The third kappa shape index (κ3) is 4.51. The van der Waals surface area contributed by atoms with Crippen LogP contribution in [-0.2, 0) is 9.53 Å². The molecule has 1 unspecified atom stereocenters. The Morgan fingerprint density at radius 2 is 2.25 bits per heavy atom. The van der Waals surface area contributed by atoms with Gasteiger partial charge in [-0.05, 0) is 12.1 Å². The Bertz CT molecular complexity index is 411. The first kappa shape index (κ1) is 14.8. The molecule has 1 atom stereocenters. The number of hydrogen-bond donors (Lipinski definition) is 1. The molecule has 1 heterocycles. The highest BCUT2D eigenvalue weighted by Gasteiger charge is 2.22. The number of anilines is 1. The highest BCUT2D eigenvalue weighted by Crippen LogP contribution is 2.16. The molecule has 2 rings (SSSR count). The van der Waals surface area contributed by atoms with Crippen molar-refractivity contribution >= 4 is 11.6 Å². The van der Waals surface area contributed by atoms with Gasteiger partial charge >= 0.3 is 0 Å². The van der Waals surface area contributed by atoms with Crippen molar-refractivity contribution in [2.24, 2.45) is 0 Å². The molecule has 0 aliphatic carbocycles. The molecule has 0 spiro atoms. The van der Waals surface area contributed by atoms with Gasteiger partial charge in [-0.3, -0.25) is 4.79 Å². The summed E-state index contributed by atoms with van der Waals surface area (Å²) in [6, 6.07) is 10.4. The van der Waals surface area contributed by atoms with Crippen LogP contribution in [0.1, 0.15) is 6.42 Å². The highest BCUT2D eigenvalue weighted by molar-refractivity contribution is 5.76. The Hall–Kier alpha value is -1.59. The van der Waals surface area contributed by atoms with Crippen molar-refractivity contribution in [3.63, 3.8) is 0 Å². The number of methoxy groups -OCH3 is 1. The molecule has 1 radical (unpaired) electrons. The summed E-state index contributed by atoms with van der Waals surface area (Å²) in [5, 5.41) is 7.38. The van der Waals surface area contributed by atoms with Gasteiger partial charge in [0.25, 0.3) is 0 Å². The number of nitrogens with one attached hydrogen (secondary N) is 1. The van der Waals surface area contributed by atoms with Crippen molar-refractivity contribution in [2.75, 3.05) is 44.8 Å². The summed E-state index contributed by atoms with van der Waals surface area (Å²) in [6.07, 6.45) is 0.451. The number of amides is 1. The zero-order valence-electron chi connectivity index (χ0n) is 11.9. The van der Waals surface area contributed by atoms with E-state index in [1.54, 1.807) is 7.11 Å². The van der Waals surface area contributed by atoms with Crippen molar-refractivity contribution in [1.29, 1.82) is 0 Å². The van der Waals surface area contributed by atoms with E-state index in [1.807, 2.05) is 18.2 Å². The lowest BCUT2D eigenvalue weighted by Crippen LogP contribution is -2.49. The molecule has 0 bridgehead atoms. The lowest BCUT2D eigenvalue weighted by atomic mass is 10.1. The summed E-state index contributed by atoms with van der Waals surface area (Å²) < 4.78 is 4.91. The van der Waals surface area contributed by atoms with Crippen molar-refractivity contribution in [1.82, 2.24) is 10.6 Å². The van der Waals surface area contributed by atoms with Crippen LogP contribution in [0.5, 0.6) is 0 Å². The predicted molar refractivity (Wildman–Crippen MR) is 78.9 cm³/mol. The second kappa shape index (κ2) is 7.87. The lowest BCUT2D eigenvalue weighted by Gasteiger charge is -2.34. The summed E-state index contributed by atoms with van der Waals surface area (Å²) >= 11 is 0. The Kier molecular flexibility index (Phi) is 5.83. The number of ether oxygens (including phenoxy) is 1. The zero-order chi connectivity index (χ0) is 14.2. The molecular formula is C15H22N3O2. The maximum atomic E-state index is 11.8. The van der Waals surface area contributed by atoms with Gasteiger partial charge in [-0.15, -0.1) is 0 Å². The maximum Gasteiger partial charge on any atom is 0.221 e. The second-order valence-electron chi connectivity index (χ2n) is 4.89. The SMILES string of the molecule is COCCNC(=O)CC1CN(c2ccccc2)CC[N]1. The minimum atomic E-state index is 0.0470. The maximum absolute atomic E-state index is 11.8. The molecule has 1 amide bonds. The van der Waals surface area contributed by atoms with Gasteiger partial charge in [0, 0.05) is 45.4 Å². The number of para-hydroxylation sites is 1. The molecule has 1 aliphatic heterocycles. The lowest BCUT2D eigenvalue weighted by molar-refractivity contribution is -0.121. The van der Waals surface area contributed by atoms with Crippen LogP contribution in [0.2, 0.25) is 0 Å². The van der Waals surface area contributed by atoms with E-state index in [4.69, 9.17) is 4.74 Å². The Morgan fingerprint density at radius 1 is 1.45 bits per heavy atom. The quantitative estimate of drug-likeness (QED) is 0.776. The van der Waals surface area contributed by atoms with Crippen LogP contribution in [0, 0.1) is 0 Å². The molecule has 5 nitrogen and oxygen atoms in total. The average Bonchev–Trinajstić information content (AvgIpc) is 2.49. The Labute approximate surface area is 120 Å². The Balaban J connectivity index is 1.80. The largest absolute Gasteiger partial charge is 0.383 e. The van der Waals surface area contributed by atoms with Crippen molar-refractivity contribution in [3.8, 4) is 0 Å². The topological polar surface area (TPSA) is 55.7 Å². The third-order valence-corrected chi connectivity index (χ3v) is 3.36. The summed E-state index contributed by atoms with van der Waals surface area (Å²) in [6.45, 7) is 3.62.